The van der Waals surface area contributed by atoms with Crippen LogP contribution in [0.1, 0.15) is 43.7 Å². The summed E-state index contributed by atoms with van der Waals surface area (Å²) in [6.45, 7) is 0.354. The molecule has 0 bridgehead atoms. The number of hydrogen-bond donors (Lipinski definition) is 6. The quantitative estimate of drug-likeness (QED) is 0.134. The highest BCUT2D eigenvalue weighted by molar-refractivity contribution is 5.88. The molecule has 1 heterocycles. The number of pyridine rings is 1. The Balaban J connectivity index is 0.000000900. The van der Waals surface area contributed by atoms with E-state index in [1.54, 1.807) is 18.3 Å². The molecule has 14 heteroatoms. The second-order valence-electron chi connectivity index (χ2n) is 9.68. The Bertz CT molecular complexity index is 1360. The molecular weight excluding hydrogens is 597 g/mol. The van der Waals surface area contributed by atoms with Crippen molar-refractivity contribution in [1.29, 1.82) is 0 Å². The first-order valence-corrected chi connectivity index (χ1v) is 13.9. The number of hydrogen-bond acceptors (Lipinski definition) is 7. The zero-order valence-corrected chi connectivity index (χ0v) is 24.2. The minimum Gasteiger partial charge on any atom is -0.481 e. The summed E-state index contributed by atoms with van der Waals surface area (Å²) in [7, 11) is 0. The van der Waals surface area contributed by atoms with E-state index in [9.17, 15) is 37.8 Å². The summed E-state index contributed by atoms with van der Waals surface area (Å²) < 4.78 is 31.7. The molecule has 0 aliphatic heterocycles. The fraction of sp³-hybridized carbons (Fsp3) is 0.323. The van der Waals surface area contributed by atoms with E-state index in [1.165, 1.54) is 0 Å². The van der Waals surface area contributed by atoms with E-state index < -0.39 is 36.1 Å². The van der Waals surface area contributed by atoms with Crippen molar-refractivity contribution in [1.82, 2.24) is 15.6 Å². The summed E-state index contributed by atoms with van der Waals surface area (Å²) in [6, 6.07) is 20.9. The lowest BCUT2D eigenvalue weighted by Gasteiger charge is -2.23. The van der Waals surface area contributed by atoms with E-state index >= 15 is 0 Å². The fourth-order valence-electron chi connectivity index (χ4n) is 4.00. The number of nitrogens with one attached hydrogen (secondary N) is 3. The van der Waals surface area contributed by atoms with E-state index in [0.717, 1.165) is 23.4 Å². The molecule has 2 amide bonds. The number of carbonyl (C=O) groups excluding carboxylic acids is 2. The number of rotatable bonds is 15. The van der Waals surface area contributed by atoms with Gasteiger partial charge in [-0.1, -0.05) is 60.7 Å². The molecular formula is C31H35F3N4O7. The zero-order valence-electron chi connectivity index (χ0n) is 24.2. The van der Waals surface area contributed by atoms with E-state index in [4.69, 9.17) is 9.90 Å². The zero-order chi connectivity index (χ0) is 33.2. The number of amides is 2. The van der Waals surface area contributed by atoms with Gasteiger partial charge < -0.3 is 31.3 Å². The normalized spacial score (nSPS) is 12.1. The Labute approximate surface area is 257 Å². The van der Waals surface area contributed by atoms with Gasteiger partial charge in [0.15, 0.2) is 0 Å². The highest BCUT2D eigenvalue weighted by Crippen LogP contribution is 2.24. The Morgan fingerprint density at radius 1 is 0.822 bits per heavy atom. The van der Waals surface area contributed by atoms with Gasteiger partial charge in [0.25, 0.3) is 0 Å². The average molecular weight is 633 g/mol. The van der Waals surface area contributed by atoms with Gasteiger partial charge in [0.2, 0.25) is 11.8 Å². The SMILES string of the molecule is O=C(O)C(F)(F)F.O=C(O)CC(NC(=O)[C@@H](CCO)NC(=O)CCCCNc1ccccn1)c1ccc(-c2ccccc2)cc1. The molecule has 0 aliphatic carbocycles. The van der Waals surface area contributed by atoms with Crippen LogP contribution in [0.15, 0.2) is 79.0 Å². The van der Waals surface area contributed by atoms with Gasteiger partial charge >= 0.3 is 18.1 Å². The predicted molar refractivity (Wildman–Crippen MR) is 159 cm³/mol. The third-order valence-corrected chi connectivity index (χ3v) is 6.23. The summed E-state index contributed by atoms with van der Waals surface area (Å²) in [5.41, 5.74) is 2.63. The lowest BCUT2D eigenvalue weighted by atomic mass is 9.98. The predicted octanol–water partition coefficient (Wildman–Crippen LogP) is 4.16. The lowest BCUT2D eigenvalue weighted by Crippen LogP contribution is -2.48. The molecule has 0 fully saturated rings. The molecule has 11 nitrogen and oxygen atoms in total. The number of anilines is 1. The molecule has 1 aromatic heterocycles. The molecule has 0 aliphatic rings. The van der Waals surface area contributed by atoms with E-state index in [0.29, 0.717) is 18.5 Å². The molecule has 1 unspecified atom stereocenters. The standard InChI is InChI=1S/C29H34N4O5.C2HF3O2/c34-19-16-24(32-27(35)11-5-7-18-31-26-10-4-6-17-30-26)29(38)33-25(20-28(36)37)23-14-12-22(13-15-23)21-8-2-1-3-9-21;3-2(4,5)1(6)7/h1-4,6,8-10,12-15,17,24-25,34H,5,7,11,16,18-20H2,(H,30,31)(H,32,35)(H,33,38)(H,36,37);(H,6,7)/t24-,25?;/m1./s1. The number of carbonyl (C=O) groups is 4. The molecule has 242 valence electrons. The molecule has 45 heavy (non-hydrogen) atoms. The lowest BCUT2D eigenvalue weighted by molar-refractivity contribution is -0.192. The Morgan fingerprint density at radius 2 is 1.44 bits per heavy atom. The van der Waals surface area contributed by atoms with E-state index in [1.807, 2.05) is 60.7 Å². The number of carboxylic acid groups (broad SMARTS) is 2. The molecule has 2 aromatic carbocycles. The number of carboxylic acids is 2. The van der Waals surface area contributed by atoms with Crippen molar-refractivity contribution < 1.29 is 47.7 Å². The molecule has 3 rings (SSSR count). The van der Waals surface area contributed by atoms with E-state index in [-0.39, 0.29) is 31.8 Å². The van der Waals surface area contributed by atoms with Crippen LogP contribution in [0.4, 0.5) is 19.0 Å². The van der Waals surface area contributed by atoms with Gasteiger partial charge in [0.05, 0.1) is 12.5 Å². The number of benzene rings is 2. The molecule has 6 N–H and O–H groups in total. The number of aliphatic carboxylic acids is 2. The largest absolute Gasteiger partial charge is 0.490 e. The number of nitrogens with zero attached hydrogens (tertiary/aromatic N) is 1. The van der Waals surface area contributed by atoms with Crippen LogP contribution in [0.5, 0.6) is 0 Å². The van der Waals surface area contributed by atoms with Crippen LogP contribution in [0.2, 0.25) is 0 Å². The van der Waals surface area contributed by atoms with Crippen LogP contribution in [0.3, 0.4) is 0 Å². The minimum atomic E-state index is -5.08. The van der Waals surface area contributed by atoms with Crippen molar-refractivity contribution in [2.45, 2.75) is 50.4 Å². The van der Waals surface area contributed by atoms with Crippen LogP contribution in [-0.4, -0.2) is 69.4 Å². The van der Waals surface area contributed by atoms with Gasteiger partial charge in [0.1, 0.15) is 11.9 Å². The van der Waals surface area contributed by atoms with Gasteiger partial charge in [-0.25, -0.2) is 9.78 Å². The van der Waals surface area contributed by atoms with Crippen molar-refractivity contribution in [3.05, 3.63) is 84.6 Å². The number of aliphatic hydroxyl groups is 1. The van der Waals surface area contributed by atoms with Gasteiger partial charge in [0, 0.05) is 25.8 Å². The van der Waals surface area contributed by atoms with Crippen molar-refractivity contribution in [2.75, 3.05) is 18.5 Å². The van der Waals surface area contributed by atoms with Crippen molar-refractivity contribution in [3.63, 3.8) is 0 Å². The maximum absolute atomic E-state index is 13.0. The van der Waals surface area contributed by atoms with Crippen LogP contribution >= 0.6 is 0 Å². The highest BCUT2D eigenvalue weighted by Gasteiger charge is 2.38. The first kappa shape index (κ1) is 36.2. The molecule has 3 aromatic rings. The van der Waals surface area contributed by atoms with Crippen molar-refractivity contribution in [2.24, 2.45) is 0 Å². The van der Waals surface area contributed by atoms with Crippen molar-refractivity contribution >= 4 is 29.6 Å². The fourth-order valence-corrected chi connectivity index (χ4v) is 4.00. The topological polar surface area (TPSA) is 178 Å². The summed E-state index contributed by atoms with van der Waals surface area (Å²) in [5.74, 6) is -3.90. The first-order valence-electron chi connectivity index (χ1n) is 13.9. The smallest absolute Gasteiger partial charge is 0.481 e. The number of unbranched alkanes of at least 4 members (excludes halogenated alkanes) is 1. The van der Waals surface area contributed by atoms with Gasteiger partial charge in [-0.3, -0.25) is 14.4 Å². The third-order valence-electron chi connectivity index (χ3n) is 6.23. The van der Waals surface area contributed by atoms with Crippen LogP contribution in [0.25, 0.3) is 11.1 Å². The van der Waals surface area contributed by atoms with E-state index in [2.05, 4.69) is 20.9 Å². The molecule has 2 atom stereocenters. The molecule has 0 saturated heterocycles. The maximum atomic E-state index is 13.0. The summed E-state index contributed by atoms with van der Waals surface area (Å²) in [4.78, 5) is 50.1. The number of halogens is 3. The molecule has 0 spiro atoms. The van der Waals surface area contributed by atoms with Crippen LogP contribution in [0, 0.1) is 0 Å². The maximum Gasteiger partial charge on any atom is 0.490 e. The number of alkyl halides is 3. The summed E-state index contributed by atoms with van der Waals surface area (Å²) >= 11 is 0. The molecule has 0 radical (unpaired) electrons. The van der Waals surface area contributed by atoms with Crippen LogP contribution < -0.4 is 16.0 Å². The van der Waals surface area contributed by atoms with Gasteiger partial charge in [-0.05, 0) is 48.1 Å². The Kier molecular flexibility index (Phi) is 15.0. The Morgan fingerprint density at radius 3 is 2.00 bits per heavy atom. The monoisotopic (exact) mass is 632 g/mol. The second-order valence-corrected chi connectivity index (χ2v) is 9.68. The number of aromatic nitrogens is 1. The second kappa shape index (κ2) is 18.6. The summed E-state index contributed by atoms with van der Waals surface area (Å²) in [6.07, 6.45) is -2.12. The molecule has 0 saturated carbocycles. The first-order chi connectivity index (χ1) is 21.4. The van der Waals surface area contributed by atoms with Gasteiger partial charge in [-0.2, -0.15) is 13.2 Å². The average Bonchev–Trinajstić information content (AvgIpc) is 3.01. The highest BCUT2D eigenvalue weighted by atomic mass is 19.4. The Hall–Kier alpha value is -4.98. The van der Waals surface area contributed by atoms with Crippen LogP contribution in [-0.2, 0) is 19.2 Å². The van der Waals surface area contributed by atoms with Crippen molar-refractivity contribution in [3.8, 4) is 11.1 Å². The summed E-state index contributed by atoms with van der Waals surface area (Å²) in [5, 5.41) is 34.6. The minimum absolute atomic E-state index is 0.0194. The van der Waals surface area contributed by atoms with Gasteiger partial charge in [-0.15, -0.1) is 0 Å². The number of aliphatic hydroxyl groups excluding tert-OH is 1. The third kappa shape index (κ3) is 13.9.